The summed E-state index contributed by atoms with van der Waals surface area (Å²) in [5, 5.41) is 0.262. The number of rotatable bonds is 21. The highest BCUT2D eigenvalue weighted by molar-refractivity contribution is 7.87. The summed E-state index contributed by atoms with van der Waals surface area (Å²) in [5.41, 5.74) is -0.292. The maximum Gasteiger partial charge on any atom is 0.335 e. The Labute approximate surface area is 438 Å². The molecule has 7 rings (SSSR count). The van der Waals surface area contributed by atoms with Crippen LogP contribution in [0.1, 0.15) is 64.0 Å². The van der Waals surface area contributed by atoms with E-state index < -0.39 is 111 Å². The Morgan fingerprint density at radius 1 is 0.671 bits per heavy atom. The van der Waals surface area contributed by atoms with E-state index in [4.69, 9.17) is 14.3 Å². The molecule has 1 fully saturated rings. The van der Waals surface area contributed by atoms with Crippen LogP contribution in [0.2, 0.25) is 0 Å². The minimum absolute atomic E-state index is 0.00442. The number of carbonyl (C=O) groups is 3. The van der Waals surface area contributed by atoms with Crippen molar-refractivity contribution in [3.8, 4) is 0 Å². The third-order valence-corrected chi connectivity index (χ3v) is 17.7. The molecule has 2 amide bonds. The van der Waals surface area contributed by atoms with Gasteiger partial charge < -0.3 is 24.1 Å². The number of hydrogen-bond donors (Lipinski definition) is 5. The zero-order valence-electron chi connectivity index (χ0n) is 41.0. The summed E-state index contributed by atoms with van der Waals surface area (Å²) >= 11 is 0. The predicted molar refractivity (Wildman–Crippen MR) is 273 cm³/mol. The van der Waals surface area contributed by atoms with E-state index in [0.29, 0.717) is 45.4 Å². The van der Waals surface area contributed by atoms with Crippen LogP contribution in [0.3, 0.4) is 0 Å². The molecule has 0 radical (unpaired) electrons. The van der Waals surface area contributed by atoms with Crippen LogP contribution in [-0.4, -0.2) is 140 Å². The molecule has 412 valence electrons. The van der Waals surface area contributed by atoms with Gasteiger partial charge in [0.05, 0.1) is 47.8 Å². The number of hydroxylamine groups is 2. The molecule has 0 bridgehead atoms. The van der Waals surface area contributed by atoms with Gasteiger partial charge in [0.1, 0.15) is 9.79 Å². The van der Waals surface area contributed by atoms with Crippen molar-refractivity contribution in [3.05, 3.63) is 95.7 Å². The number of hydrogen-bond acceptors (Lipinski definition) is 18. The lowest BCUT2D eigenvalue weighted by Gasteiger charge is -2.35. The molecule has 5 N–H and O–H groups in total. The van der Waals surface area contributed by atoms with E-state index in [1.54, 1.807) is 68.2 Å². The number of ether oxygens (including phenoxy) is 2. The maximum absolute atomic E-state index is 12.7. The molecule has 3 aliphatic heterocycles. The van der Waals surface area contributed by atoms with Crippen LogP contribution in [0.15, 0.2) is 104 Å². The molecule has 0 spiro atoms. The van der Waals surface area contributed by atoms with Crippen LogP contribution in [0.4, 0.5) is 11.4 Å². The van der Waals surface area contributed by atoms with Gasteiger partial charge in [0.25, 0.3) is 62.4 Å². The molecule has 29 heteroatoms. The highest BCUT2D eigenvalue weighted by Crippen LogP contribution is 2.54. The number of imide groups is 1. The van der Waals surface area contributed by atoms with Crippen molar-refractivity contribution in [3.63, 3.8) is 0 Å². The van der Waals surface area contributed by atoms with E-state index in [9.17, 15) is 79.2 Å². The third-order valence-electron chi connectivity index (χ3n) is 13.5. The molecule has 3 aliphatic rings. The quantitative estimate of drug-likeness (QED) is 0.0331. The molecule has 2 unspecified atom stereocenters. The van der Waals surface area contributed by atoms with Gasteiger partial charge in [0.15, 0.2) is 0 Å². The number of carbonyl (C=O) groups excluding carboxylic acids is 3. The SMILES string of the molecule is COCCN1c2ccc3c(S(=O)(=O)O)cc(S(=O)(=O)O)cc3c2C(C)(CCCS(=O)(=O)O)C1/C=C/C=C/C=C1/N(CCOCCC(=O)ON2C(=O)CCC2=O)c2ccc3c(S(=O)(=O)O)cc(S(=O)(=O)O)cc3c2C1(C)C. The number of nitrogens with zero attached hydrogens (tertiary/aromatic N) is 3. The van der Waals surface area contributed by atoms with Crippen molar-refractivity contribution in [1.82, 2.24) is 5.06 Å². The molecule has 24 nitrogen and oxygen atoms in total. The Morgan fingerprint density at radius 2 is 1.22 bits per heavy atom. The van der Waals surface area contributed by atoms with Gasteiger partial charge in [-0.05, 0) is 77.2 Å². The van der Waals surface area contributed by atoms with E-state index in [0.717, 1.165) is 12.1 Å². The van der Waals surface area contributed by atoms with Crippen molar-refractivity contribution < 1.29 is 93.5 Å². The van der Waals surface area contributed by atoms with Crippen LogP contribution >= 0.6 is 0 Å². The number of anilines is 2. The largest absolute Gasteiger partial charge is 0.383 e. The molecular weight excluding hydrogens is 1100 g/mol. The van der Waals surface area contributed by atoms with Crippen molar-refractivity contribution in [2.45, 2.75) is 89.3 Å². The number of amides is 2. The fraction of sp³-hybridized carbons (Fsp3) is 0.383. The fourth-order valence-corrected chi connectivity index (χ4v) is 13.4. The van der Waals surface area contributed by atoms with E-state index in [-0.39, 0.29) is 86.6 Å². The van der Waals surface area contributed by atoms with Gasteiger partial charge in [0.2, 0.25) is 0 Å². The minimum atomic E-state index is -5.11. The number of fused-ring (bicyclic) bond motifs is 6. The molecule has 76 heavy (non-hydrogen) atoms. The highest BCUT2D eigenvalue weighted by atomic mass is 32.2. The van der Waals surface area contributed by atoms with Crippen molar-refractivity contribution in [1.29, 1.82) is 0 Å². The van der Waals surface area contributed by atoms with Gasteiger partial charge in [-0.1, -0.05) is 57.2 Å². The van der Waals surface area contributed by atoms with Crippen molar-refractivity contribution >= 4 is 101 Å². The van der Waals surface area contributed by atoms with Crippen LogP contribution in [0.25, 0.3) is 21.5 Å². The fourth-order valence-electron chi connectivity index (χ4n) is 10.2. The summed E-state index contributed by atoms with van der Waals surface area (Å²) in [4.78, 5) is 41.6. The molecule has 4 aromatic rings. The van der Waals surface area contributed by atoms with E-state index in [1.807, 2.05) is 4.90 Å². The molecule has 0 saturated carbocycles. The van der Waals surface area contributed by atoms with E-state index in [1.165, 1.54) is 19.2 Å². The van der Waals surface area contributed by atoms with Gasteiger partial charge in [-0.15, -0.1) is 5.06 Å². The first kappa shape index (κ1) is 58.0. The Morgan fingerprint density at radius 3 is 1.75 bits per heavy atom. The lowest BCUT2D eigenvalue weighted by molar-refractivity contribution is -0.198. The predicted octanol–water partition coefficient (Wildman–Crippen LogP) is 4.55. The second kappa shape index (κ2) is 21.3. The van der Waals surface area contributed by atoms with Gasteiger partial charge in [-0.3, -0.25) is 32.4 Å². The lowest BCUT2D eigenvalue weighted by atomic mass is 9.73. The van der Waals surface area contributed by atoms with Gasteiger partial charge in [0, 0.05) is 71.7 Å². The van der Waals surface area contributed by atoms with Crippen LogP contribution in [-0.2, 0) is 90.1 Å². The summed E-state index contributed by atoms with van der Waals surface area (Å²) in [6.45, 7) is 5.27. The Balaban J connectivity index is 1.30. The zero-order valence-corrected chi connectivity index (χ0v) is 45.1. The zero-order chi connectivity index (χ0) is 56.1. The second-order valence-corrected chi connectivity index (χ2v) is 26.0. The monoisotopic (exact) mass is 1160 g/mol. The van der Waals surface area contributed by atoms with E-state index in [2.05, 4.69) is 0 Å². The summed E-state index contributed by atoms with van der Waals surface area (Å²) in [6.07, 6.45) is 7.60. The van der Waals surface area contributed by atoms with Crippen molar-refractivity contribution in [2.75, 3.05) is 55.6 Å². The first-order chi connectivity index (χ1) is 35.2. The Kier molecular flexibility index (Phi) is 16.2. The molecule has 0 aliphatic carbocycles. The number of allylic oxidation sites excluding steroid dienone is 5. The summed E-state index contributed by atoms with van der Waals surface area (Å²) in [6, 6.07) is 8.43. The Hall–Kier alpha value is -5.70. The summed E-state index contributed by atoms with van der Waals surface area (Å²) in [5.74, 6) is -2.91. The van der Waals surface area contributed by atoms with Gasteiger partial charge in [-0.2, -0.15) is 42.1 Å². The molecule has 2 atom stereocenters. The first-order valence-corrected chi connectivity index (χ1v) is 30.4. The molecule has 0 aromatic heterocycles. The number of benzene rings is 4. The van der Waals surface area contributed by atoms with Gasteiger partial charge >= 0.3 is 5.97 Å². The lowest BCUT2D eigenvalue weighted by Crippen LogP contribution is -2.43. The minimum Gasteiger partial charge on any atom is -0.383 e. The highest BCUT2D eigenvalue weighted by Gasteiger charge is 2.48. The molecule has 3 heterocycles. The van der Waals surface area contributed by atoms with E-state index >= 15 is 0 Å². The summed E-state index contributed by atoms with van der Waals surface area (Å²) in [7, 11) is -23.4. The molecular formula is C47H53N3O21S5. The molecule has 4 aromatic carbocycles. The third kappa shape index (κ3) is 11.9. The van der Waals surface area contributed by atoms with Gasteiger partial charge in [-0.25, -0.2) is 4.79 Å². The average Bonchev–Trinajstić information content (AvgIpc) is 3.85. The molecule has 1 saturated heterocycles. The topological polar surface area (TPSA) is 360 Å². The Bertz CT molecular complexity index is 3730. The normalized spacial score (nSPS) is 19.8. The number of methoxy groups -OCH3 is 1. The van der Waals surface area contributed by atoms with Crippen LogP contribution in [0.5, 0.6) is 0 Å². The first-order valence-electron chi connectivity index (χ1n) is 23.0. The summed E-state index contributed by atoms with van der Waals surface area (Å²) < 4.78 is 187. The smallest absolute Gasteiger partial charge is 0.335 e. The van der Waals surface area contributed by atoms with Crippen LogP contribution < -0.4 is 9.80 Å². The van der Waals surface area contributed by atoms with Crippen molar-refractivity contribution in [2.24, 2.45) is 0 Å². The average molecular weight is 1160 g/mol. The maximum atomic E-state index is 12.7. The standard InChI is InChI=1S/C47H53N3O21S5/c1-46(2)39(48(20-23-70-21-17-43(53)71-50-41(51)15-16-42(50)52)35-13-11-31-33(44(35)46)25-29(73(57,58)59)27-37(31)75(63,64)65)9-6-5-7-10-40-47(3,18-8-24-72(54,55)56)45-34-26-30(74(60,61)62)28-38(76(66,67)68)32(34)12-14-36(45)49(40)19-22-69-4/h5-7,9-14,25-28,40H,8,15-24H2,1-4H3,(H,54,55,56)(H,57,58,59)(H,60,61,62)(H,63,64,65)(H,66,67,68)/b6-5+,10-7+,39-9+. The second-order valence-electron chi connectivity index (χ2n) is 18.8. The van der Waals surface area contributed by atoms with Crippen LogP contribution in [0, 0.1) is 0 Å².